The lowest BCUT2D eigenvalue weighted by Crippen LogP contribution is -2.38. The molecular formula is C71H48Si. The zero-order valence-electron chi connectivity index (χ0n) is 40.5. The molecule has 15 aromatic rings. The second-order valence-electron chi connectivity index (χ2n) is 21.0. The van der Waals surface area contributed by atoms with E-state index in [4.69, 9.17) is 0 Å². The summed E-state index contributed by atoms with van der Waals surface area (Å²) in [7, 11) is -1.70. The van der Waals surface area contributed by atoms with Crippen LogP contribution in [0.2, 0.25) is 19.6 Å². The summed E-state index contributed by atoms with van der Waals surface area (Å²) in [4.78, 5) is 0. The normalized spacial score (nSPS) is 12.4. The monoisotopic (exact) mass is 928 g/mol. The third-order valence-corrected chi connectivity index (χ3v) is 18.1. The maximum Gasteiger partial charge on any atom is 0.0784 e. The Kier molecular flexibility index (Phi) is 8.83. The second-order valence-corrected chi connectivity index (χ2v) is 26.1. The van der Waals surface area contributed by atoms with Crippen molar-refractivity contribution in [3.05, 3.63) is 237 Å². The Morgan fingerprint density at radius 2 is 0.458 bits per heavy atom. The SMILES string of the molecule is C[Si](C)(C)c1ccc(-c2cc(-c3cc4ccccc4c4ccccc34)c3ccc4c(-c5cc6ccccc6c6ccccc56)cc(-c5cc6ccccc6c6ccccc56)c5ccc2c3c54)c2ccccc12. The fourth-order valence-corrected chi connectivity index (χ4v) is 14.5. The maximum absolute atomic E-state index is 2.55. The molecule has 0 amide bonds. The topological polar surface area (TPSA) is 0 Å². The zero-order valence-corrected chi connectivity index (χ0v) is 41.5. The highest BCUT2D eigenvalue weighted by molar-refractivity contribution is 6.90. The first-order valence-electron chi connectivity index (χ1n) is 25.4. The zero-order chi connectivity index (χ0) is 47.8. The molecule has 0 heterocycles. The molecule has 0 saturated carbocycles. The first kappa shape index (κ1) is 41.2. The van der Waals surface area contributed by atoms with Gasteiger partial charge in [0.05, 0.1) is 8.07 Å². The number of hydrogen-bond acceptors (Lipinski definition) is 0. The molecule has 0 spiro atoms. The molecule has 0 aromatic heterocycles. The van der Waals surface area contributed by atoms with E-state index in [0.29, 0.717) is 0 Å². The Hall–Kier alpha value is -8.62. The van der Waals surface area contributed by atoms with Crippen molar-refractivity contribution in [3.63, 3.8) is 0 Å². The van der Waals surface area contributed by atoms with E-state index in [1.54, 1.807) is 0 Å². The van der Waals surface area contributed by atoms with Crippen molar-refractivity contribution in [2.24, 2.45) is 0 Å². The maximum atomic E-state index is 2.55. The smallest absolute Gasteiger partial charge is 0.0656 e. The van der Waals surface area contributed by atoms with Gasteiger partial charge >= 0.3 is 0 Å². The lowest BCUT2D eigenvalue weighted by Gasteiger charge is -2.24. The van der Waals surface area contributed by atoms with Gasteiger partial charge in [-0.05, 0) is 183 Å². The van der Waals surface area contributed by atoms with Crippen LogP contribution in [0.3, 0.4) is 0 Å². The van der Waals surface area contributed by atoms with Crippen LogP contribution in [-0.2, 0) is 0 Å². The van der Waals surface area contributed by atoms with Crippen LogP contribution in [0, 0.1) is 0 Å². The summed E-state index contributed by atoms with van der Waals surface area (Å²) in [5.41, 5.74) is 10.1. The van der Waals surface area contributed by atoms with Gasteiger partial charge in [0.2, 0.25) is 0 Å². The van der Waals surface area contributed by atoms with Crippen molar-refractivity contribution in [1.29, 1.82) is 0 Å². The van der Waals surface area contributed by atoms with Crippen molar-refractivity contribution in [2.75, 3.05) is 0 Å². The molecule has 0 unspecified atom stereocenters. The van der Waals surface area contributed by atoms with E-state index in [-0.39, 0.29) is 0 Å². The molecule has 15 aromatic carbocycles. The van der Waals surface area contributed by atoms with E-state index < -0.39 is 8.07 Å². The Bertz CT molecular complexity index is 4640. The van der Waals surface area contributed by atoms with Gasteiger partial charge in [0, 0.05) is 0 Å². The van der Waals surface area contributed by atoms with Crippen molar-refractivity contribution in [3.8, 4) is 44.5 Å². The molecule has 0 nitrogen and oxygen atoms in total. The molecule has 1 heteroatoms. The van der Waals surface area contributed by atoms with Crippen molar-refractivity contribution in [2.45, 2.75) is 19.6 Å². The predicted molar refractivity (Wildman–Crippen MR) is 317 cm³/mol. The van der Waals surface area contributed by atoms with Crippen LogP contribution < -0.4 is 5.19 Å². The van der Waals surface area contributed by atoms with Gasteiger partial charge in [0.1, 0.15) is 0 Å². The highest BCUT2D eigenvalue weighted by Crippen LogP contribution is 2.52. The third-order valence-electron chi connectivity index (χ3n) is 16.1. The summed E-state index contributed by atoms with van der Waals surface area (Å²) in [5, 5.41) is 27.1. The van der Waals surface area contributed by atoms with Crippen molar-refractivity contribution >= 4 is 121 Å². The van der Waals surface area contributed by atoms with Gasteiger partial charge in [0.15, 0.2) is 0 Å². The molecule has 0 radical (unpaired) electrons. The first-order chi connectivity index (χ1) is 35.4. The molecule has 0 bridgehead atoms. The fraction of sp³-hybridized carbons (Fsp3) is 0.0423. The molecule has 0 aliphatic carbocycles. The first-order valence-corrected chi connectivity index (χ1v) is 28.9. The van der Waals surface area contributed by atoms with Gasteiger partial charge in [0.25, 0.3) is 0 Å². The van der Waals surface area contributed by atoms with Gasteiger partial charge in [-0.15, -0.1) is 0 Å². The highest BCUT2D eigenvalue weighted by Gasteiger charge is 2.26. The summed E-state index contributed by atoms with van der Waals surface area (Å²) < 4.78 is 0. The lowest BCUT2D eigenvalue weighted by molar-refractivity contribution is 1.67. The van der Waals surface area contributed by atoms with Crippen molar-refractivity contribution < 1.29 is 0 Å². The van der Waals surface area contributed by atoms with Crippen LogP contribution >= 0.6 is 0 Å². The largest absolute Gasteiger partial charge is 0.0784 e. The summed E-state index contributed by atoms with van der Waals surface area (Å²) in [6, 6.07) is 90.2. The van der Waals surface area contributed by atoms with E-state index in [0.717, 1.165) is 0 Å². The summed E-state index contributed by atoms with van der Waals surface area (Å²) >= 11 is 0. The van der Waals surface area contributed by atoms with E-state index in [1.807, 2.05) is 0 Å². The summed E-state index contributed by atoms with van der Waals surface area (Å²) in [5.74, 6) is 0. The average molecular weight is 929 g/mol. The molecule has 336 valence electrons. The molecule has 15 rings (SSSR count). The van der Waals surface area contributed by atoms with Gasteiger partial charge in [-0.2, -0.15) is 0 Å². The Morgan fingerprint density at radius 3 is 0.806 bits per heavy atom. The standard InChI is InChI=1S/C71H48Si/c1-72(2,3)69-37-36-56(52-27-16-17-31-57(52)69)65-41-66(62-38-43-18-4-7-21-46(43)49-24-10-13-28-53(49)62)59-34-35-61-68(64-40-45-20-6-9-23-48(45)51-26-12-15-30-55(51)64)42-67(60-33-32-58(65)70(59)71(60)61)63-39-44-19-5-8-22-47(44)50-25-11-14-29-54(50)63/h4-42H,1-3H3. The fourth-order valence-electron chi connectivity index (χ4n) is 12.9. The molecule has 0 saturated heterocycles. The summed E-state index contributed by atoms with van der Waals surface area (Å²) in [6.45, 7) is 7.42. The minimum atomic E-state index is -1.70. The van der Waals surface area contributed by atoms with E-state index in [2.05, 4.69) is 256 Å². The van der Waals surface area contributed by atoms with Gasteiger partial charge < -0.3 is 0 Å². The van der Waals surface area contributed by atoms with E-state index >= 15 is 0 Å². The molecule has 0 aliphatic rings. The minimum absolute atomic E-state index is 1.25. The number of rotatable bonds is 5. The van der Waals surface area contributed by atoms with E-state index in [9.17, 15) is 0 Å². The molecule has 0 fully saturated rings. The van der Waals surface area contributed by atoms with Gasteiger partial charge in [-0.3, -0.25) is 0 Å². The molecule has 0 atom stereocenters. The molecule has 72 heavy (non-hydrogen) atoms. The minimum Gasteiger partial charge on any atom is -0.0656 e. The van der Waals surface area contributed by atoms with Crippen LogP contribution in [0.25, 0.3) is 152 Å². The quantitative estimate of drug-likeness (QED) is 0.119. The van der Waals surface area contributed by atoms with Crippen LogP contribution in [0.5, 0.6) is 0 Å². The number of fused-ring (bicyclic) bond motifs is 10. The van der Waals surface area contributed by atoms with Crippen LogP contribution in [0.1, 0.15) is 0 Å². The number of hydrogen-bond donors (Lipinski definition) is 0. The Balaban J connectivity index is 1.17. The third kappa shape index (κ3) is 5.98. The van der Waals surface area contributed by atoms with Crippen LogP contribution in [0.15, 0.2) is 237 Å². The predicted octanol–water partition coefficient (Wildman–Crippen LogP) is 19.9. The van der Waals surface area contributed by atoms with Crippen molar-refractivity contribution in [1.82, 2.24) is 0 Å². The van der Waals surface area contributed by atoms with E-state index in [1.165, 1.54) is 157 Å². The number of benzene rings is 15. The second kappa shape index (κ2) is 15.4. The molecule has 0 aliphatic heterocycles. The Labute approximate surface area is 419 Å². The van der Waals surface area contributed by atoms with Gasteiger partial charge in [-0.25, -0.2) is 0 Å². The summed E-state index contributed by atoms with van der Waals surface area (Å²) in [6.07, 6.45) is 0. The van der Waals surface area contributed by atoms with Gasteiger partial charge in [-0.1, -0.05) is 231 Å². The average Bonchev–Trinajstić information content (AvgIpc) is 3.43. The molecule has 0 N–H and O–H groups in total. The lowest BCUT2D eigenvalue weighted by atomic mass is 9.79. The Morgan fingerprint density at radius 1 is 0.194 bits per heavy atom. The van der Waals surface area contributed by atoms with Crippen LogP contribution in [-0.4, -0.2) is 8.07 Å². The highest BCUT2D eigenvalue weighted by atomic mass is 28.3. The van der Waals surface area contributed by atoms with Crippen LogP contribution in [0.4, 0.5) is 0 Å². The molecular weight excluding hydrogens is 881 g/mol.